The summed E-state index contributed by atoms with van der Waals surface area (Å²) in [6.07, 6.45) is 2.38. The summed E-state index contributed by atoms with van der Waals surface area (Å²) in [4.78, 5) is 26.0. The van der Waals surface area contributed by atoms with Gasteiger partial charge in [-0.3, -0.25) is 9.69 Å². The Hall–Kier alpha value is -1.88. The van der Waals surface area contributed by atoms with E-state index in [1.165, 1.54) is 13.5 Å². The van der Waals surface area contributed by atoms with Gasteiger partial charge in [-0.1, -0.05) is 13.0 Å². The highest BCUT2D eigenvalue weighted by molar-refractivity contribution is 5.96. The van der Waals surface area contributed by atoms with Crippen LogP contribution < -0.4 is 5.32 Å². The van der Waals surface area contributed by atoms with Gasteiger partial charge < -0.3 is 10.1 Å². The molecule has 1 aliphatic rings. The molecule has 1 saturated heterocycles. The molecule has 1 aliphatic heterocycles. The summed E-state index contributed by atoms with van der Waals surface area (Å²) in [5.74, 6) is 0.200. The predicted octanol–water partition coefficient (Wildman–Crippen LogP) is 2.45. The summed E-state index contributed by atoms with van der Waals surface area (Å²) in [6.45, 7) is 6.45. The Morgan fingerprint density at radius 3 is 2.86 bits per heavy atom. The van der Waals surface area contributed by atoms with Crippen LogP contribution in [0.15, 0.2) is 18.2 Å². The number of methoxy groups -OCH3 is 1. The van der Waals surface area contributed by atoms with Gasteiger partial charge in [0.25, 0.3) is 0 Å². The van der Waals surface area contributed by atoms with Crippen LogP contribution in [0, 0.1) is 12.8 Å². The van der Waals surface area contributed by atoms with Crippen LogP contribution in [0.3, 0.4) is 0 Å². The van der Waals surface area contributed by atoms with Crippen molar-refractivity contribution in [2.75, 3.05) is 32.1 Å². The zero-order chi connectivity index (χ0) is 16.1. The average molecular weight is 304 g/mol. The molecule has 1 amide bonds. The number of nitrogens with zero attached hydrogens (tertiary/aromatic N) is 1. The monoisotopic (exact) mass is 304 g/mol. The van der Waals surface area contributed by atoms with E-state index in [-0.39, 0.29) is 5.91 Å². The van der Waals surface area contributed by atoms with Gasteiger partial charge in [-0.2, -0.15) is 0 Å². The Bertz CT molecular complexity index is 557. The maximum atomic E-state index is 12.2. The fourth-order valence-corrected chi connectivity index (χ4v) is 2.82. The van der Waals surface area contributed by atoms with Crippen molar-refractivity contribution in [2.45, 2.75) is 26.7 Å². The largest absolute Gasteiger partial charge is 0.465 e. The minimum absolute atomic E-state index is 0.0424. The van der Waals surface area contributed by atoms with E-state index in [0.29, 0.717) is 23.7 Å². The highest BCUT2D eigenvalue weighted by Gasteiger charge is 2.19. The number of rotatable bonds is 4. The number of nitrogens with one attached hydrogen (secondary N) is 1. The molecule has 1 aromatic rings. The second-order valence-electron chi connectivity index (χ2n) is 6.05. The van der Waals surface area contributed by atoms with E-state index in [1.54, 1.807) is 12.1 Å². The molecule has 0 unspecified atom stereocenters. The van der Waals surface area contributed by atoms with Crippen molar-refractivity contribution in [3.05, 3.63) is 29.3 Å². The minimum atomic E-state index is -0.402. The summed E-state index contributed by atoms with van der Waals surface area (Å²) in [5, 5.41) is 2.90. The predicted molar refractivity (Wildman–Crippen MR) is 86.0 cm³/mol. The molecule has 0 aromatic heterocycles. The molecule has 2 rings (SSSR count). The van der Waals surface area contributed by atoms with E-state index in [1.807, 2.05) is 13.0 Å². The summed E-state index contributed by atoms with van der Waals surface area (Å²) < 4.78 is 4.71. The summed E-state index contributed by atoms with van der Waals surface area (Å²) >= 11 is 0. The first-order valence-electron chi connectivity index (χ1n) is 7.70. The van der Waals surface area contributed by atoms with Gasteiger partial charge >= 0.3 is 5.97 Å². The normalized spacial score (nSPS) is 18.8. The number of aryl methyl sites for hydroxylation is 1. The number of ether oxygens (including phenoxy) is 1. The molecule has 5 nitrogen and oxygen atoms in total. The van der Waals surface area contributed by atoms with Crippen molar-refractivity contribution in [1.82, 2.24) is 4.90 Å². The summed E-state index contributed by atoms with van der Waals surface area (Å²) in [6, 6.07) is 5.17. The lowest BCUT2D eigenvalue weighted by molar-refractivity contribution is -0.117. The number of carbonyl (C=O) groups is 2. The third kappa shape index (κ3) is 4.31. The van der Waals surface area contributed by atoms with E-state index in [0.717, 1.165) is 25.1 Å². The number of anilines is 1. The fourth-order valence-electron chi connectivity index (χ4n) is 2.82. The van der Waals surface area contributed by atoms with Crippen LogP contribution in [0.25, 0.3) is 0 Å². The molecular formula is C17H24N2O3. The Labute approximate surface area is 131 Å². The highest BCUT2D eigenvalue weighted by Crippen LogP contribution is 2.19. The van der Waals surface area contributed by atoms with Crippen LogP contribution in [-0.2, 0) is 9.53 Å². The van der Waals surface area contributed by atoms with Gasteiger partial charge in [0, 0.05) is 12.2 Å². The van der Waals surface area contributed by atoms with Gasteiger partial charge in [0.15, 0.2) is 0 Å². The lowest BCUT2D eigenvalue weighted by atomic mass is 10.0. The van der Waals surface area contributed by atoms with Gasteiger partial charge in [0.2, 0.25) is 5.91 Å². The van der Waals surface area contributed by atoms with Gasteiger partial charge in [-0.15, -0.1) is 0 Å². The van der Waals surface area contributed by atoms with Gasteiger partial charge in [-0.25, -0.2) is 4.79 Å². The van der Waals surface area contributed by atoms with Gasteiger partial charge in [-0.05, 0) is 49.9 Å². The van der Waals surface area contributed by atoms with Crippen LogP contribution in [-0.4, -0.2) is 43.5 Å². The number of amides is 1. The van der Waals surface area contributed by atoms with Crippen LogP contribution in [0.5, 0.6) is 0 Å². The molecule has 0 spiro atoms. The SMILES string of the molecule is COC(=O)c1ccc(C)c(NC(=O)CN2CCC[C@H](C)C2)c1. The maximum Gasteiger partial charge on any atom is 0.337 e. The quantitative estimate of drug-likeness (QED) is 0.868. The van der Waals surface area contributed by atoms with E-state index in [4.69, 9.17) is 4.74 Å². The second kappa shape index (κ2) is 7.40. The lowest BCUT2D eigenvalue weighted by Gasteiger charge is -2.30. The summed E-state index contributed by atoms with van der Waals surface area (Å²) in [7, 11) is 1.35. The average Bonchev–Trinajstić information content (AvgIpc) is 2.48. The van der Waals surface area contributed by atoms with Crippen molar-refractivity contribution < 1.29 is 14.3 Å². The van der Waals surface area contributed by atoms with E-state index in [9.17, 15) is 9.59 Å². The van der Waals surface area contributed by atoms with Gasteiger partial charge in [0.1, 0.15) is 0 Å². The first-order valence-corrected chi connectivity index (χ1v) is 7.70. The van der Waals surface area contributed by atoms with Crippen molar-refractivity contribution in [3.8, 4) is 0 Å². The third-order valence-corrected chi connectivity index (χ3v) is 4.04. The number of hydrogen-bond donors (Lipinski definition) is 1. The summed E-state index contributed by atoms with van der Waals surface area (Å²) in [5.41, 5.74) is 2.03. The number of carbonyl (C=O) groups excluding carboxylic acids is 2. The molecule has 0 radical (unpaired) electrons. The zero-order valence-electron chi connectivity index (χ0n) is 13.5. The minimum Gasteiger partial charge on any atom is -0.465 e. The molecule has 1 atom stereocenters. The molecule has 1 fully saturated rings. The molecule has 0 aliphatic carbocycles. The number of esters is 1. The molecule has 1 aromatic carbocycles. The van der Waals surface area contributed by atoms with Gasteiger partial charge in [0.05, 0.1) is 19.2 Å². The van der Waals surface area contributed by atoms with Crippen molar-refractivity contribution in [2.24, 2.45) is 5.92 Å². The number of hydrogen-bond acceptors (Lipinski definition) is 4. The standard InChI is InChI=1S/C17H24N2O3/c1-12-5-4-8-19(10-12)11-16(20)18-15-9-14(17(21)22-3)7-6-13(15)2/h6-7,9,12H,4-5,8,10-11H2,1-3H3,(H,18,20)/t12-/m0/s1. The molecule has 22 heavy (non-hydrogen) atoms. The first kappa shape index (κ1) is 16.5. The highest BCUT2D eigenvalue weighted by atomic mass is 16.5. The van der Waals surface area contributed by atoms with Crippen LogP contribution in [0.2, 0.25) is 0 Å². The fraction of sp³-hybridized carbons (Fsp3) is 0.529. The van der Waals surface area contributed by atoms with Crippen molar-refractivity contribution >= 4 is 17.6 Å². The Balaban J connectivity index is 2.00. The topological polar surface area (TPSA) is 58.6 Å². The van der Waals surface area contributed by atoms with Crippen LogP contribution >= 0.6 is 0 Å². The number of benzene rings is 1. The van der Waals surface area contributed by atoms with Crippen molar-refractivity contribution in [3.63, 3.8) is 0 Å². The Kier molecular flexibility index (Phi) is 5.55. The molecule has 0 saturated carbocycles. The lowest BCUT2D eigenvalue weighted by Crippen LogP contribution is -2.39. The maximum absolute atomic E-state index is 12.2. The molecule has 1 N–H and O–H groups in total. The molecule has 0 bridgehead atoms. The molecule has 120 valence electrons. The second-order valence-corrected chi connectivity index (χ2v) is 6.05. The Morgan fingerprint density at radius 1 is 1.41 bits per heavy atom. The smallest absolute Gasteiger partial charge is 0.337 e. The Morgan fingerprint density at radius 2 is 2.18 bits per heavy atom. The van der Waals surface area contributed by atoms with Crippen LogP contribution in [0.4, 0.5) is 5.69 Å². The number of piperidine rings is 1. The van der Waals surface area contributed by atoms with E-state index < -0.39 is 5.97 Å². The molecule has 5 heteroatoms. The number of likely N-dealkylation sites (tertiary alicyclic amines) is 1. The molecular weight excluding hydrogens is 280 g/mol. The third-order valence-electron chi connectivity index (χ3n) is 4.04. The van der Waals surface area contributed by atoms with Crippen LogP contribution in [0.1, 0.15) is 35.7 Å². The first-order chi connectivity index (χ1) is 10.5. The van der Waals surface area contributed by atoms with Crippen molar-refractivity contribution in [1.29, 1.82) is 0 Å². The zero-order valence-corrected chi connectivity index (χ0v) is 13.5. The molecule has 1 heterocycles. The van der Waals surface area contributed by atoms with E-state index >= 15 is 0 Å². The van der Waals surface area contributed by atoms with E-state index in [2.05, 4.69) is 17.1 Å².